The highest BCUT2D eigenvalue weighted by Gasteiger charge is 2.09. The molecule has 28 heavy (non-hydrogen) atoms. The summed E-state index contributed by atoms with van der Waals surface area (Å²) < 4.78 is 0. The second-order valence-electron chi connectivity index (χ2n) is 6.41. The lowest BCUT2D eigenvalue weighted by Gasteiger charge is -2.07. The summed E-state index contributed by atoms with van der Waals surface area (Å²) in [6.07, 6.45) is 2.54. The summed E-state index contributed by atoms with van der Waals surface area (Å²) >= 11 is 0. The highest BCUT2D eigenvalue weighted by Crippen LogP contribution is 2.26. The fourth-order valence-electron chi connectivity index (χ4n) is 3.09. The molecular formula is C23H17N3O2. The molecule has 2 heterocycles. The molecule has 0 spiro atoms. The van der Waals surface area contributed by atoms with Crippen molar-refractivity contribution in [3.8, 4) is 22.5 Å². The van der Waals surface area contributed by atoms with Gasteiger partial charge in [0.05, 0.1) is 16.3 Å². The Labute approximate surface area is 162 Å². The molecule has 0 bridgehead atoms. The van der Waals surface area contributed by atoms with Crippen LogP contribution in [-0.4, -0.2) is 14.9 Å². The number of hydrogen-bond acceptors (Lipinski definition) is 4. The van der Waals surface area contributed by atoms with Crippen molar-refractivity contribution in [2.45, 2.75) is 6.42 Å². The van der Waals surface area contributed by atoms with Gasteiger partial charge in [0.2, 0.25) is 0 Å². The van der Waals surface area contributed by atoms with E-state index in [2.05, 4.69) is 17.1 Å². The number of pyridine rings is 2. The fraction of sp³-hybridized carbons (Fsp3) is 0.0435. The van der Waals surface area contributed by atoms with Crippen molar-refractivity contribution in [3.05, 3.63) is 112 Å². The smallest absolute Gasteiger partial charge is 0.261 e. The van der Waals surface area contributed by atoms with Gasteiger partial charge >= 0.3 is 0 Å². The SMILES string of the molecule is O=[N+]([O-])c1cccc(-c2cccc(-c3cccc(Cc4ccccn4)c3)n2)c1. The van der Waals surface area contributed by atoms with Gasteiger partial charge in [0.15, 0.2) is 0 Å². The van der Waals surface area contributed by atoms with Crippen molar-refractivity contribution in [2.24, 2.45) is 0 Å². The predicted molar refractivity (Wildman–Crippen MR) is 109 cm³/mol. The van der Waals surface area contributed by atoms with Crippen LogP contribution in [0.15, 0.2) is 91.1 Å². The second-order valence-corrected chi connectivity index (χ2v) is 6.41. The van der Waals surface area contributed by atoms with E-state index in [-0.39, 0.29) is 5.69 Å². The van der Waals surface area contributed by atoms with E-state index in [4.69, 9.17) is 4.98 Å². The Morgan fingerprint density at radius 3 is 2.21 bits per heavy atom. The summed E-state index contributed by atoms with van der Waals surface area (Å²) in [5, 5.41) is 11.0. The van der Waals surface area contributed by atoms with Crippen LogP contribution in [0.2, 0.25) is 0 Å². The molecule has 0 saturated heterocycles. The Balaban J connectivity index is 1.65. The minimum Gasteiger partial charge on any atom is -0.261 e. The molecule has 0 radical (unpaired) electrons. The molecule has 5 heteroatoms. The lowest BCUT2D eigenvalue weighted by atomic mass is 10.0. The van der Waals surface area contributed by atoms with Gasteiger partial charge in [0.1, 0.15) is 0 Å². The van der Waals surface area contributed by atoms with E-state index in [1.165, 1.54) is 6.07 Å². The van der Waals surface area contributed by atoms with Crippen LogP contribution < -0.4 is 0 Å². The molecule has 2 aromatic carbocycles. The van der Waals surface area contributed by atoms with Gasteiger partial charge in [0, 0.05) is 41.6 Å². The molecule has 0 amide bonds. The molecule has 5 nitrogen and oxygen atoms in total. The Morgan fingerprint density at radius 1 is 0.786 bits per heavy atom. The van der Waals surface area contributed by atoms with Gasteiger partial charge in [-0.15, -0.1) is 0 Å². The first-order chi connectivity index (χ1) is 13.7. The summed E-state index contributed by atoms with van der Waals surface area (Å²) in [6, 6.07) is 26.4. The Bertz CT molecular complexity index is 1130. The number of nitro groups is 1. The van der Waals surface area contributed by atoms with Crippen LogP contribution in [0.4, 0.5) is 5.69 Å². The average molecular weight is 367 g/mol. The Morgan fingerprint density at radius 2 is 1.50 bits per heavy atom. The molecule has 0 unspecified atom stereocenters. The molecular weight excluding hydrogens is 350 g/mol. The maximum Gasteiger partial charge on any atom is 0.270 e. The van der Waals surface area contributed by atoms with E-state index < -0.39 is 4.92 Å². The van der Waals surface area contributed by atoms with Crippen LogP contribution in [0.3, 0.4) is 0 Å². The summed E-state index contributed by atoms with van der Waals surface area (Å²) in [6.45, 7) is 0. The van der Waals surface area contributed by atoms with Crippen LogP contribution in [0.1, 0.15) is 11.3 Å². The van der Waals surface area contributed by atoms with E-state index in [0.29, 0.717) is 5.69 Å². The van der Waals surface area contributed by atoms with Crippen molar-refractivity contribution in [1.29, 1.82) is 0 Å². The molecule has 4 rings (SSSR count). The zero-order valence-electron chi connectivity index (χ0n) is 15.0. The van der Waals surface area contributed by atoms with Gasteiger partial charge in [-0.25, -0.2) is 4.98 Å². The van der Waals surface area contributed by atoms with E-state index in [0.717, 1.165) is 34.5 Å². The first-order valence-electron chi connectivity index (χ1n) is 8.90. The topological polar surface area (TPSA) is 68.9 Å². The van der Waals surface area contributed by atoms with Gasteiger partial charge < -0.3 is 0 Å². The summed E-state index contributed by atoms with van der Waals surface area (Å²) in [5.74, 6) is 0. The van der Waals surface area contributed by atoms with Gasteiger partial charge in [0.25, 0.3) is 5.69 Å². The van der Waals surface area contributed by atoms with E-state index in [1.54, 1.807) is 18.3 Å². The normalized spacial score (nSPS) is 10.6. The van der Waals surface area contributed by atoms with Crippen LogP contribution in [0, 0.1) is 10.1 Å². The number of hydrogen-bond donors (Lipinski definition) is 0. The monoisotopic (exact) mass is 367 g/mol. The van der Waals surface area contributed by atoms with Crippen molar-refractivity contribution < 1.29 is 4.92 Å². The van der Waals surface area contributed by atoms with Gasteiger partial charge in [-0.3, -0.25) is 15.1 Å². The molecule has 0 N–H and O–H groups in total. The van der Waals surface area contributed by atoms with Crippen LogP contribution in [-0.2, 0) is 6.42 Å². The maximum atomic E-state index is 11.0. The largest absolute Gasteiger partial charge is 0.270 e. The van der Waals surface area contributed by atoms with E-state index in [1.807, 2.05) is 54.6 Å². The third kappa shape index (κ3) is 3.94. The Kier molecular flexibility index (Phi) is 4.89. The third-order valence-electron chi connectivity index (χ3n) is 4.44. The average Bonchev–Trinajstić information content (AvgIpc) is 2.75. The second kappa shape index (κ2) is 7.80. The first-order valence-corrected chi connectivity index (χ1v) is 8.90. The van der Waals surface area contributed by atoms with Gasteiger partial charge in [-0.05, 0) is 35.9 Å². The molecule has 0 aliphatic carbocycles. The number of aromatic nitrogens is 2. The summed E-state index contributed by atoms with van der Waals surface area (Å²) in [4.78, 5) is 19.8. The lowest BCUT2D eigenvalue weighted by Crippen LogP contribution is -1.93. The first kappa shape index (κ1) is 17.5. The lowest BCUT2D eigenvalue weighted by molar-refractivity contribution is -0.384. The highest BCUT2D eigenvalue weighted by atomic mass is 16.6. The molecule has 0 aliphatic heterocycles. The molecule has 0 aliphatic rings. The number of benzene rings is 2. The molecule has 136 valence electrons. The minimum atomic E-state index is -0.394. The molecule has 0 atom stereocenters. The van der Waals surface area contributed by atoms with E-state index in [9.17, 15) is 10.1 Å². The fourth-order valence-corrected chi connectivity index (χ4v) is 3.09. The van der Waals surface area contributed by atoms with Crippen LogP contribution in [0.25, 0.3) is 22.5 Å². The van der Waals surface area contributed by atoms with E-state index >= 15 is 0 Å². The summed E-state index contributed by atoms with van der Waals surface area (Å²) in [5.41, 5.74) is 5.48. The molecule has 2 aromatic heterocycles. The number of rotatable bonds is 5. The number of nitrogens with zero attached hydrogens (tertiary/aromatic N) is 3. The Hall–Kier alpha value is -3.86. The van der Waals surface area contributed by atoms with Crippen molar-refractivity contribution in [1.82, 2.24) is 9.97 Å². The van der Waals surface area contributed by atoms with Gasteiger partial charge in [-0.2, -0.15) is 0 Å². The van der Waals surface area contributed by atoms with Crippen molar-refractivity contribution >= 4 is 5.69 Å². The quantitative estimate of drug-likeness (QED) is 0.354. The predicted octanol–water partition coefficient (Wildman–Crippen LogP) is 5.31. The number of non-ortho nitro benzene ring substituents is 1. The van der Waals surface area contributed by atoms with Crippen molar-refractivity contribution in [2.75, 3.05) is 0 Å². The molecule has 0 saturated carbocycles. The third-order valence-corrected chi connectivity index (χ3v) is 4.44. The molecule has 4 aromatic rings. The number of nitro benzene ring substituents is 1. The molecule has 0 fully saturated rings. The zero-order chi connectivity index (χ0) is 19.3. The zero-order valence-corrected chi connectivity index (χ0v) is 15.0. The van der Waals surface area contributed by atoms with Gasteiger partial charge in [-0.1, -0.05) is 42.5 Å². The summed E-state index contributed by atoms with van der Waals surface area (Å²) in [7, 11) is 0. The minimum absolute atomic E-state index is 0.0575. The highest BCUT2D eigenvalue weighted by molar-refractivity contribution is 5.68. The standard InChI is InChI=1S/C23H17N3O2/c27-26(28)21-10-4-8-19(16-21)23-12-5-11-22(25-23)18-7-3-6-17(14-18)15-20-9-1-2-13-24-20/h1-14,16H,15H2. The maximum absolute atomic E-state index is 11.0. The van der Waals surface area contributed by atoms with Crippen molar-refractivity contribution in [3.63, 3.8) is 0 Å². The van der Waals surface area contributed by atoms with Crippen LogP contribution >= 0.6 is 0 Å². The van der Waals surface area contributed by atoms with Crippen LogP contribution in [0.5, 0.6) is 0 Å².